The molecule has 154 valence electrons. The summed E-state index contributed by atoms with van der Waals surface area (Å²) in [4.78, 5) is 15.5. The number of aryl methyl sites for hydroxylation is 2. The van der Waals surface area contributed by atoms with Crippen molar-refractivity contribution >= 4 is 15.9 Å². The average molecular weight is 418 g/mol. The summed E-state index contributed by atoms with van der Waals surface area (Å²) >= 11 is 0. The van der Waals surface area contributed by atoms with E-state index >= 15 is 4.39 Å². The van der Waals surface area contributed by atoms with Gasteiger partial charge in [0, 0.05) is 38.5 Å². The summed E-state index contributed by atoms with van der Waals surface area (Å²) in [7, 11) is -1.18. The molecule has 0 bridgehead atoms. The SMILES string of the molecule is Cc1ccc(Cc2c(NS(=O)(=O)N(C)C)cn(-c3ccc[nH]3)c(=O)c2F)c(C)c1. The Kier molecular flexibility index (Phi) is 5.63. The largest absolute Gasteiger partial charge is 0.348 e. The molecule has 0 saturated carbocycles. The summed E-state index contributed by atoms with van der Waals surface area (Å²) in [5.41, 5.74) is 1.93. The van der Waals surface area contributed by atoms with Gasteiger partial charge < -0.3 is 4.98 Å². The third-order valence-corrected chi connectivity index (χ3v) is 6.12. The molecule has 0 aliphatic carbocycles. The maximum atomic E-state index is 15.2. The second-order valence-corrected chi connectivity index (χ2v) is 8.95. The Bertz CT molecular complexity index is 1200. The molecular formula is C20H23FN4O3S. The minimum atomic E-state index is -3.91. The number of hydrogen-bond donors (Lipinski definition) is 2. The Morgan fingerprint density at radius 1 is 1.21 bits per heavy atom. The van der Waals surface area contributed by atoms with Crippen LogP contribution in [0.5, 0.6) is 0 Å². The normalized spacial score (nSPS) is 11.8. The number of H-pyrrole nitrogens is 1. The zero-order valence-electron chi connectivity index (χ0n) is 16.7. The van der Waals surface area contributed by atoms with Crippen LogP contribution in [0.4, 0.5) is 10.1 Å². The summed E-state index contributed by atoms with van der Waals surface area (Å²) in [5.74, 6) is -0.671. The summed E-state index contributed by atoms with van der Waals surface area (Å²) in [6.07, 6.45) is 2.97. The predicted molar refractivity (Wildman–Crippen MR) is 111 cm³/mol. The number of halogens is 1. The topological polar surface area (TPSA) is 87.2 Å². The van der Waals surface area contributed by atoms with Crippen LogP contribution in [-0.4, -0.2) is 36.4 Å². The lowest BCUT2D eigenvalue weighted by molar-refractivity contribution is 0.526. The van der Waals surface area contributed by atoms with E-state index in [4.69, 9.17) is 0 Å². The first-order chi connectivity index (χ1) is 13.6. The highest BCUT2D eigenvalue weighted by molar-refractivity contribution is 7.90. The molecular weight excluding hydrogens is 395 g/mol. The highest BCUT2D eigenvalue weighted by Gasteiger charge is 2.22. The summed E-state index contributed by atoms with van der Waals surface area (Å²) in [5, 5.41) is 0. The van der Waals surface area contributed by atoms with E-state index in [0.29, 0.717) is 5.82 Å². The molecule has 0 radical (unpaired) electrons. The Morgan fingerprint density at radius 3 is 2.52 bits per heavy atom. The van der Waals surface area contributed by atoms with Crippen LogP contribution < -0.4 is 10.3 Å². The molecule has 0 amide bonds. The van der Waals surface area contributed by atoms with E-state index in [9.17, 15) is 13.2 Å². The van der Waals surface area contributed by atoms with Gasteiger partial charge in [-0.1, -0.05) is 23.8 Å². The zero-order valence-corrected chi connectivity index (χ0v) is 17.5. The minimum Gasteiger partial charge on any atom is -0.348 e. The third kappa shape index (κ3) is 4.25. The van der Waals surface area contributed by atoms with Gasteiger partial charge in [-0.05, 0) is 37.1 Å². The number of nitrogens with one attached hydrogen (secondary N) is 2. The quantitative estimate of drug-likeness (QED) is 0.645. The monoisotopic (exact) mass is 418 g/mol. The number of aromatic amines is 1. The van der Waals surface area contributed by atoms with Crippen LogP contribution in [0, 0.1) is 19.7 Å². The van der Waals surface area contributed by atoms with Crippen molar-refractivity contribution in [2.24, 2.45) is 0 Å². The number of rotatable bonds is 6. The average Bonchev–Trinajstić information content (AvgIpc) is 3.17. The van der Waals surface area contributed by atoms with Crippen LogP contribution in [0.2, 0.25) is 0 Å². The Morgan fingerprint density at radius 2 is 1.93 bits per heavy atom. The lowest BCUT2D eigenvalue weighted by Gasteiger charge is -2.19. The van der Waals surface area contributed by atoms with Gasteiger partial charge in [0.15, 0.2) is 5.82 Å². The zero-order chi connectivity index (χ0) is 21.3. The smallest absolute Gasteiger partial charge is 0.301 e. The van der Waals surface area contributed by atoms with Crippen molar-refractivity contribution in [2.75, 3.05) is 18.8 Å². The number of anilines is 1. The third-order valence-electron chi connectivity index (χ3n) is 4.68. The Balaban J connectivity index is 2.20. The molecule has 0 aliphatic heterocycles. The molecule has 29 heavy (non-hydrogen) atoms. The van der Waals surface area contributed by atoms with E-state index in [-0.39, 0.29) is 17.7 Å². The van der Waals surface area contributed by atoms with Gasteiger partial charge in [0.1, 0.15) is 5.82 Å². The lowest BCUT2D eigenvalue weighted by Crippen LogP contribution is -2.31. The fourth-order valence-electron chi connectivity index (χ4n) is 2.99. The first-order valence-electron chi connectivity index (χ1n) is 8.94. The molecule has 2 heterocycles. The molecule has 2 N–H and O–H groups in total. The maximum absolute atomic E-state index is 15.2. The molecule has 3 rings (SSSR count). The van der Waals surface area contributed by atoms with E-state index < -0.39 is 21.6 Å². The summed E-state index contributed by atoms with van der Waals surface area (Å²) < 4.78 is 44.4. The van der Waals surface area contributed by atoms with Crippen LogP contribution in [0.25, 0.3) is 5.82 Å². The van der Waals surface area contributed by atoms with Gasteiger partial charge in [-0.25, -0.2) is 4.39 Å². The molecule has 0 unspecified atom stereocenters. The molecule has 0 saturated heterocycles. The van der Waals surface area contributed by atoms with Gasteiger partial charge in [0.2, 0.25) is 0 Å². The number of hydrogen-bond acceptors (Lipinski definition) is 3. The van der Waals surface area contributed by atoms with Crippen LogP contribution in [0.1, 0.15) is 22.3 Å². The van der Waals surface area contributed by atoms with E-state index in [0.717, 1.165) is 25.6 Å². The summed E-state index contributed by atoms with van der Waals surface area (Å²) in [6.45, 7) is 3.84. The summed E-state index contributed by atoms with van der Waals surface area (Å²) in [6, 6.07) is 8.95. The van der Waals surface area contributed by atoms with Crippen LogP contribution in [0.3, 0.4) is 0 Å². The van der Waals surface area contributed by atoms with Crippen molar-refractivity contribution in [2.45, 2.75) is 20.3 Å². The fraction of sp³-hybridized carbons (Fsp3) is 0.250. The molecule has 1 aromatic carbocycles. The Hall–Kier alpha value is -2.91. The highest BCUT2D eigenvalue weighted by Crippen LogP contribution is 2.25. The number of benzene rings is 1. The lowest BCUT2D eigenvalue weighted by atomic mass is 9.98. The first kappa shape index (κ1) is 20.8. The number of nitrogens with zero attached hydrogens (tertiary/aromatic N) is 2. The second-order valence-electron chi connectivity index (χ2n) is 7.06. The molecule has 0 atom stereocenters. The Labute approximate surface area is 169 Å². The fourth-order valence-corrected chi connectivity index (χ4v) is 3.63. The van der Waals surface area contributed by atoms with Crippen molar-refractivity contribution in [1.29, 1.82) is 0 Å². The van der Waals surface area contributed by atoms with Crippen LogP contribution in [-0.2, 0) is 16.6 Å². The highest BCUT2D eigenvalue weighted by atomic mass is 32.2. The molecule has 9 heteroatoms. The first-order valence-corrected chi connectivity index (χ1v) is 10.4. The van der Waals surface area contributed by atoms with Crippen molar-refractivity contribution in [3.05, 3.63) is 81.2 Å². The van der Waals surface area contributed by atoms with Crippen LogP contribution >= 0.6 is 0 Å². The van der Waals surface area contributed by atoms with Gasteiger partial charge >= 0.3 is 10.2 Å². The molecule has 2 aromatic heterocycles. The molecule has 3 aromatic rings. The van der Waals surface area contributed by atoms with Gasteiger partial charge in [-0.3, -0.25) is 14.1 Å². The van der Waals surface area contributed by atoms with E-state index in [1.165, 1.54) is 20.3 Å². The van der Waals surface area contributed by atoms with Crippen LogP contribution in [0.15, 0.2) is 47.5 Å². The second kappa shape index (κ2) is 7.84. The van der Waals surface area contributed by atoms with E-state index in [2.05, 4.69) is 9.71 Å². The van der Waals surface area contributed by atoms with E-state index in [1.54, 1.807) is 18.3 Å². The van der Waals surface area contributed by atoms with Gasteiger partial charge in [-0.2, -0.15) is 12.7 Å². The predicted octanol–water partition coefficient (Wildman–Crippen LogP) is 2.73. The van der Waals surface area contributed by atoms with E-state index in [1.807, 2.05) is 32.0 Å². The van der Waals surface area contributed by atoms with Gasteiger partial charge in [0.25, 0.3) is 5.56 Å². The molecule has 0 spiro atoms. The number of aromatic nitrogens is 2. The standard InChI is InChI=1S/C20H23FN4O3S/c1-13-7-8-15(14(2)10-13)11-16-17(23-29(27,28)24(3)4)12-25(20(26)19(16)21)18-6-5-9-22-18/h5-10,12,22-23H,11H2,1-4H3. The van der Waals surface area contributed by atoms with Gasteiger partial charge in [0.05, 0.1) is 5.69 Å². The van der Waals surface area contributed by atoms with Crippen molar-refractivity contribution in [3.63, 3.8) is 0 Å². The van der Waals surface area contributed by atoms with Gasteiger partial charge in [-0.15, -0.1) is 0 Å². The molecule has 0 aliphatic rings. The minimum absolute atomic E-state index is 0.00446. The van der Waals surface area contributed by atoms with Crippen molar-refractivity contribution < 1.29 is 12.8 Å². The molecule has 0 fully saturated rings. The number of pyridine rings is 1. The van der Waals surface area contributed by atoms with Crippen molar-refractivity contribution in [3.8, 4) is 5.82 Å². The van der Waals surface area contributed by atoms with Crippen molar-refractivity contribution in [1.82, 2.24) is 13.9 Å². The molecule has 7 nitrogen and oxygen atoms in total. The maximum Gasteiger partial charge on any atom is 0.301 e.